The predicted octanol–water partition coefficient (Wildman–Crippen LogP) is 1.74. The number of carbonyl (C=O) groups excluding carboxylic acids is 2. The Morgan fingerprint density at radius 2 is 1.65 bits per heavy atom. The fraction of sp³-hybridized carbons (Fsp3) is 0.273. The summed E-state index contributed by atoms with van der Waals surface area (Å²) in [5, 5.41) is 4.31. The molecular formula is C22H22N4O5. The average Bonchev–Trinajstić information content (AvgIpc) is 3.34. The molecule has 9 nitrogen and oxygen atoms in total. The zero-order chi connectivity index (χ0) is 22.0. The molecule has 2 amide bonds. The number of nitrogens with zero attached hydrogens (tertiary/aromatic N) is 4. The van der Waals surface area contributed by atoms with Crippen LogP contribution in [0, 0.1) is 6.92 Å². The fourth-order valence-electron chi connectivity index (χ4n) is 3.43. The summed E-state index contributed by atoms with van der Waals surface area (Å²) >= 11 is 0. The lowest BCUT2D eigenvalue weighted by molar-refractivity contribution is 0.0512. The minimum absolute atomic E-state index is 0.0495. The molecule has 0 spiro atoms. The second-order valence-corrected chi connectivity index (χ2v) is 7.21. The zero-order valence-corrected chi connectivity index (χ0v) is 17.3. The van der Waals surface area contributed by atoms with Crippen LogP contribution in [0.3, 0.4) is 0 Å². The van der Waals surface area contributed by atoms with Gasteiger partial charge in [0.15, 0.2) is 17.2 Å². The van der Waals surface area contributed by atoms with Crippen LogP contribution in [0.4, 0.5) is 0 Å². The van der Waals surface area contributed by atoms with Gasteiger partial charge in [0.1, 0.15) is 0 Å². The van der Waals surface area contributed by atoms with Gasteiger partial charge in [-0.05, 0) is 31.2 Å². The Kier molecular flexibility index (Phi) is 5.57. The number of rotatable bonds is 4. The SMILES string of the molecule is COc1cc(=O)n(-c2ccc(C)cc2)nc1C(=O)N1CCN(C(=O)c2ccco2)CC1. The highest BCUT2D eigenvalue weighted by Crippen LogP contribution is 2.18. The first kappa shape index (κ1) is 20.4. The van der Waals surface area contributed by atoms with Crippen LogP contribution in [-0.4, -0.2) is 64.7 Å². The molecule has 9 heteroatoms. The van der Waals surface area contributed by atoms with Crippen LogP contribution in [-0.2, 0) is 0 Å². The maximum absolute atomic E-state index is 13.2. The maximum atomic E-state index is 13.2. The van der Waals surface area contributed by atoms with Crippen molar-refractivity contribution in [3.63, 3.8) is 0 Å². The molecule has 1 fully saturated rings. The summed E-state index contributed by atoms with van der Waals surface area (Å²) in [5.41, 5.74) is 1.25. The number of aromatic nitrogens is 2. The molecule has 3 aromatic rings. The predicted molar refractivity (Wildman–Crippen MR) is 112 cm³/mol. The molecule has 0 aliphatic carbocycles. The van der Waals surface area contributed by atoms with Gasteiger partial charge in [-0.1, -0.05) is 17.7 Å². The molecular weight excluding hydrogens is 400 g/mol. The van der Waals surface area contributed by atoms with Crippen molar-refractivity contribution in [2.75, 3.05) is 33.3 Å². The van der Waals surface area contributed by atoms with Crippen molar-refractivity contribution in [3.8, 4) is 11.4 Å². The van der Waals surface area contributed by atoms with E-state index in [9.17, 15) is 14.4 Å². The van der Waals surface area contributed by atoms with E-state index in [0.29, 0.717) is 31.9 Å². The van der Waals surface area contributed by atoms with Crippen LogP contribution in [0.2, 0.25) is 0 Å². The number of hydrogen-bond acceptors (Lipinski definition) is 6. The van der Waals surface area contributed by atoms with Crippen molar-refractivity contribution in [1.29, 1.82) is 0 Å². The summed E-state index contributed by atoms with van der Waals surface area (Å²) in [6.45, 7) is 3.34. The highest BCUT2D eigenvalue weighted by molar-refractivity contribution is 5.95. The van der Waals surface area contributed by atoms with Crippen molar-refractivity contribution >= 4 is 11.8 Å². The lowest BCUT2D eigenvalue weighted by Crippen LogP contribution is -2.51. The van der Waals surface area contributed by atoms with Gasteiger partial charge in [-0.15, -0.1) is 0 Å². The van der Waals surface area contributed by atoms with Gasteiger partial charge in [0.2, 0.25) is 0 Å². The van der Waals surface area contributed by atoms with E-state index < -0.39 is 5.56 Å². The van der Waals surface area contributed by atoms with E-state index in [-0.39, 0.29) is 29.0 Å². The van der Waals surface area contributed by atoms with E-state index in [1.807, 2.05) is 19.1 Å². The quantitative estimate of drug-likeness (QED) is 0.635. The van der Waals surface area contributed by atoms with Crippen molar-refractivity contribution in [1.82, 2.24) is 19.6 Å². The number of amides is 2. The Morgan fingerprint density at radius 3 is 2.23 bits per heavy atom. The molecule has 0 saturated carbocycles. The standard InChI is InChI=1S/C22H22N4O5/c1-15-5-7-16(8-6-15)26-19(27)14-18(30-2)20(23-26)22(29)25-11-9-24(10-12-25)21(28)17-4-3-13-31-17/h3-8,13-14H,9-12H2,1-2H3. The summed E-state index contributed by atoms with van der Waals surface area (Å²) in [7, 11) is 1.39. The fourth-order valence-corrected chi connectivity index (χ4v) is 3.43. The molecule has 4 rings (SSSR count). The van der Waals surface area contributed by atoms with Crippen LogP contribution in [0.15, 0.2) is 57.9 Å². The molecule has 1 aliphatic heterocycles. The van der Waals surface area contributed by atoms with Crippen molar-refractivity contribution in [2.24, 2.45) is 0 Å². The van der Waals surface area contributed by atoms with Crippen molar-refractivity contribution in [2.45, 2.75) is 6.92 Å². The Balaban J connectivity index is 1.55. The minimum atomic E-state index is -0.397. The van der Waals surface area contributed by atoms with Gasteiger partial charge in [-0.25, -0.2) is 0 Å². The van der Waals surface area contributed by atoms with Crippen LogP contribution in [0.1, 0.15) is 26.6 Å². The number of benzene rings is 1. The number of methoxy groups -OCH3 is 1. The molecule has 1 aliphatic rings. The lowest BCUT2D eigenvalue weighted by atomic mass is 10.2. The van der Waals surface area contributed by atoms with Crippen LogP contribution < -0.4 is 10.3 Å². The van der Waals surface area contributed by atoms with Gasteiger partial charge in [-0.2, -0.15) is 9.78 Å². The van der Waals surface area contributed by atoms with E-state index in [1.54, 1.807) is 34.1 Å². The summed E-state index contributed by atoms with van der Waals surface area (Å²) in [5.74, 6) is -0.177. The third kappa shape index (κ3) is 4.07. The first-order chi connectivity index (χ1) is 15.0. The van der Waals surface area contributed by atoms with Gasteiger partial charge < -0.3 is 19.0 Å². The molecule has 0 unspecified atom stereocenters. The van der Waals surface area contributed by atoms with E-state index in [1.165, 1.54) is 24.1 Å². The second-order valence-electron chi connectivity index (χ2n) is 7.21. The smallest absolute Gasteiger partial charge is 0.289 e. The number of carbonyl (C=O) groups is 2. The highest BCUT2D eigenvalue weighted by atomic mass is 16.5. The third-order valence-corrected chi connectivity index (χ3v) is 5.18. The monoisotopic (exact) mass is 422 g/mol. The van der Waals surface area contributed by atoms with Crippen LogP contribution >= 0.6 is 0 Å². The summed E-state index contributed by atoms with van der Waals surface area (Å²) < 4.78 is 11.6. The number of aryl methyl sites for hydroxylation is 1. The molecule has 0 radical (unpaired) electrons. The molecule has 1 saturated heterocycles. The molecule has 160 valence electrons. The van der Waals surface area contributed by atoms with Gasteiger partial charge in [0.05, 0.1) is 25.1 Å². The van der Waals surface area contributed by atoms with Gasteiger partial charge in [0.25, 0.3) is 17.4 Å². The topological polar surface area (TPSA) is 97.9 Å². The Hall–Kier alpha value is -3.88. The number of hydrogen-bond donors (Lipinski definition) is 0. The molecule has 0 N–H and O–H groups in total. The molecule has 3 heterocycles. The molecule has 1 aromatic carbocycles. The summed E-state index contributed by atoms with van der Waals surface area (Å²) in [6.07, 6.45) is 1.45. The first-order valence-corrected chi connectivity index (χ1v) is 9.85. The maximum Gasteiger partial charge on any atom is 0.289 e. The van der Waals surface area contributed by atoms with Crippen LogP contribution in [0.5, 0.6) is 5.75 Å². The normalized spacial score (nSPS) is 13.9. The van der Waals surface area contributed by atoms with E-state index >= 15 is 0 Å². The average molecular weight is 422 g/mol. The summed E-state index contributed by atoms with van der Waals surface area (Å²) in [4.78, 5) is 41.4. The Bertz CT molecular complexity index is 1140. The third-order valence-electron chi connectivity index (χ3n) is 5.18. The molecule has 2 aromatic heterocycles. The van der Waals surface area contributed by atoms with Crippen LogP contribution in [0.25, 0.3) is 5.69 Å². The Labute approximate surface area is 178 Å². The number of ether oxygens (including phenoxy) is 1. The van der Waals surface area contributed by atoms with E-state index in [2.05, 4.69) is 5.10 Å². The van der Waals surface area contributed by atoms with Gasteiger partial charge in [-0.3, -0.25) is 14.4 Å². The summed E-state index contributed by atoms with van der Waals surface area (Å²) in [6, 6.07) is 11.8. The molecule has 0 bridgehead atoms. The van der Waals surface area contributed by atoms with E-state index in [4.69, 9.17) is 9.15 Å². The van der Waals surface area contributed by atoms with E-state index in [0.717, 1.165) is 5.56 Å². The second kappa shape index (κ2) is 8.47. The lowest BCUT2D eigenvalue weighted by Gasteiger charge is -2.34. The van der Waals surface area contributed by atoms with Crippen molar-refractivity contribution in [3.05, 3.63) is 76.1 Å². The van der Waals surface area contributed by atoms with Gasteiger partial charge in [0, 0.05) is 26.2 Å². The highest BCUT2D eigenvalue weighted by Gasteiger charge is 2.29. The number of furan rings is 1. The first-order valence-electron chi connectivity index (χ1n) is 9.85. The largest absolute Gasteiger partial charge is 0.494 e. The minimum Gasteiger partial charge on any atom is -0.494 e. The van der Waals surface area contributed by atoms with Gasteiger partial charge >= 0.3 is 0 Å². The molecule has 31 heavy (non-hydrogen) atoms. The Morgan fingerprint density at radius 1 is 1.00 bits per heavy atom. The zero-order valence-electron chi connectivity index (χ0n) is 17.3. The number of piperazine rings is 1. The van der Waals surface area contributed by atoms with Crippen molar-refractivity contribution < 1.29 is 18.7 Å². The molecule has 0 atom stereocenters.